The summed E-state index contributed by atoms with van der Waals surface area (Å²) in [6.07, 6.45) is 0.354. The van der Waals surface area contributed by atoms with E-state index in [0.717, 1.165) is 17.2 Å². The third-order valence-corrected chi connectivity index (χ3v) is 6.46. The van der Waals surface area contributed by atoms with Gasteiger partial charge in [0.2, 0.25) is 5.91 Å². The largest absolute Gasteiger partial charge is 0.485 e. The Kier molecular flexibility index (Phi) is 4.59. The minimum Gasteiger partial charge on any atom is -0.485 e. The van der Waals surface area contributed by atoms with Gasteiger partial charge in [0.05, 0.1) is 6.04 Å². The van der Waals surface area contributed by atoms with Crippen molar-refractivity contribution >= 4 is 22.5 Å². The summed E-state index contributed by atoms with van der Waals surface area (Å²) in [5.74, 6) is 0.540. The summed E-state index contributed by atoms with van der Waals surface area (Å²) in [4.78, 5) is 27.7. The molecule has 0 spiro atoms. The van der Waals surface area contributed by atoms with Gasteiger partial charge >= 0.3 is 0 Å². The Morgan fingerprint density at radius 2 is 1.87 bits per heavy atom. The maximum atomic E-state index is 13.5. The van der Waals surface area contributed by atoms with Crippen LogP contribution in [0.15, 0.2) is 60.7 Å². The second kappa shape index (κ2) is 7.20. The molecule has 5 heteroatoms. The van der Waals surface area contributed by atoms with Crippen LogP contribution in [0.5, 0.6) is 5.75 Å². The Morgan fingerprint density at radius 1 is 1.10 bits per heavy atom. The molecule has 3 aromatic carbocycles. The number of ketones is 1. The van der Waals surface area contributed by atoms with E-state index in [4.69, 9.17) is 4.74 Å². The van der Waals surface area contributed by atoms with E-state index in [1.165, 1.54) is 0 Å². The normalized spacial score (nSPS) is 22.3. The van der Waals surface area contributed by atoms with Crippen LogP contribution >= 0.6 is 0 Å². The quantitative estimate of drug-likeness (QED) is 0.649. The molecule has 5 nitrogen and oxygen atoms in total. The molecule has 2 aliphatic heterocycles. The third-order valence-electron chi connectivity index (χ3n) is 6.46. The number of carbonyl (C=O) groups excluding carboxylic acids is 2. The molecule has 2 aliphatic rings. The Labute approximate surface area is 181 Å². The first kappa shape index (κ1) is 19.8. The Balaban J connectivity index is 1.61. The van der Waals surface area contributed by atoms with Crippen molar-refractivity contribution in [2.45, 2.75) is 44.4 Å². The molecule has 2 heterocycles. The molecular weight excluding hydrogens is 390 g/mol. The number of carbonyl (C=O) groups is 2. The van der Waals surface area contributed by atoms with E-state index in [1.54, 1.807) is 23.1 Å². The topological polar surface area (TPSA) is 66.8 Å². The van der Waals surface area contributed by atoms with Gasteiger partial charge in [0.15, 0.2) is 5.78 Å². The third kappa shape index (κ3) is 3.20. The number of likely N-dealkylation sites (tertiary alicyclic amines) is 1. The second-order valence-electron chi connectivity index (χ2n) is 8.89. The summed E-state index contributed by atoms with van der Waals surface area (Å²) in [6, 6.07) is 18.3. The molecule has 2 atom stereocenters. The van der Waals surface area contributed by atoms with E-state index in [1.807, 2.05) is 56.3 Å². The fourth-order valence-electron chi connectivity index (χ4n) is 4.79. The molecule has 1 amide bonds. The van der Waals surface area contributed by atoms with Crippen molar-refractivity contribution in [3.8, 4) is 5.75 Å². The number of aliphatic hydroxyl groups excluding tert-OH is 1. The van der Waals surface area contributed by atoms with Crippen LogP contribution in [0.4, 0.5) is 0 Å². The number of hydrogen-bond donors (Lipinski definition) is 1. The standard InChI is InChI=1S/C26H25NO4/c1-26(2)25(30)23(27-14-6-11-22(27)28)20-15-17(12-13-21(20)31-26)24(29)19-10-5-8-16-7-3-4-9-18(16)19/h3-5,7-10,12-13,15,23,25,30H,6,11,14H2,1-2H3/t23-,25+/m1/s1. The molecule has 0 saturated carbocycles. The first-order valence-electron chi connectivity index (χ1n) is 10.7. The monoisotopic (exact) mass is 415 g/mol. The number of aliphatic hydroxyl groups is 1. The smallest absolute Gasteiger partial charge is 0.223 e. The minimum absolute atomic E-state index is 0.0264. The zero-order chi connectivity index (χ0) is 21.8. The number of fused-ring (bicyclic) bond motifs is 2. The van der Waals surface area contributed by atoms with Gasteiger partial charge in [-0.1, -0.05) is 42.5 Å². The van der Waals surface area contributed by atoms with E-state index in [0.29, 0.717) is 35.4 Å². The molecule has 0 aliphatic carbocycles. The fraction of sp³-hybridized carbons (Fsp3) is 0.308. The summed E-state index contributed by atoms with van der Waals surface area (Å²) < 4.78 is 6.07. The highest BCUT2D eigenvalue weighted by Crippen LogP contribution is 2.44. The van der Waals surface area contributed by atoms with Gasteiger partial charge in [0.1, 0.15) is 17.5 Å². The molecule has 5 rings (SSSR count). The van der Waals surface area contributed by atoms with Crippen molar-refractivity contribution in [3.05, 3.63) is 77.4 Å². The van der Waals surface area contributed by atoms with Crippen molar-refractivity contribution in [2.75, 3.05) is 6.54 Å². The van der Waals surface area contributed by atoms with E-state index in [-0.39, 0.29) is 11.7 Å². The number of nitrogens with zero attached hydrogens (tertiary/aromatic N) is 1. The lowest BCUT2D eigenvalue weighted by atomic mass is 9.84. The van der Waals surface area contributed by atoms with E-state index in [9.17, 15) is 14.7 Å². The van der Waals surface area contributed by atoms with Crippen molar-refractivity contribution < 1.29 is 19.4 Å². The molecule has 0 aromatic heterocycles. The fourth-order valence-corrected chi connectivity index (χ4v) is 4.79. The highest BCUT2D eigenvalue weighted by Gasteiger charge is 2.47. The van der Waals surface area contributed by atoms with E-state index < -0.39 is 17.7 Å². The van der Waals surface area contributed by atoms with Crippen molar-refractivity contribution in [1.82, 2.24) is 4.90 Å². The van der Waals surface area contributed by atoms with Crippen molar-refractivity contribution in [1.29, 1.82) is 0 Å². The Morgan fingerprint density at radius 3 is 2.65 bits per heavy atom. The summed E-state index contributed by atoms with van der Waals surface area (Å²) in [5.41, 5.74) is 0.988. The molecule has 3 aromatic rings. The zero-order valence-electron chi connectivity index (χ0n) is 17.7. The van der Waals surface area contributed by atoms with Crippen molar-refractivity contribution in [3.63, 3.8) is 0 Å². The lowest BCUT2D eigenvalue weighted by molar-refractivity contribution is -0.139. The number of ether oxygens (including phenoxy) is 1. The maximum Gasteiger partial charge on any atom is 0.223 e. The number of amides is 1. The zero-order valence-corrected chi connectivity index (χ0v) is 17.7. The van der Waals surface area contributed by atoms with Gasteiger partial charge < -0.3 is 14.7 Å². The number of rotatable bonds is 3. The molecule has 0 radical (unpaired) electrons. The maximum absolute atomic E-state index is 13.5. The van der Waals surface area contributed by atoms with Crippen LogP contribution < -0.4 is 4.74 Å². The molecule has 0 bridgehead atoms. The van der Waals surface area contributed by atoms with Gasteiger partial charge in [-0.15, -0.1) is 0 Å². The summed E-state index contributed by atoms with van der Waals surface area (Å²) in [5, 5.41) is 13.0. The molecule has 31 heavy (non-hydrogen) atoms. The molecule has 1 N–H and O–H groups in total. The highest BCUT2D eigenvalue weighted by atomic mass is 16.5. The van der Waals surface area contributed by atoms with Crippen LogP contribution in [-0.4, -0.2) is 39.9 Å². The van der Waals surface area contributed by atoms with Crippen LogP contribution in [-0.2, 0) is 4.79 Å². The van der Waals surface area contributed by atoms with Gasteiger partial charge in [-0.2, -0.15) is 0 Å². The van der Waals surface area contributed by atoms with Gasteiger partial charge in [-0.05, 0) is 49.2 Å². The number of hydrogen-bond acceptors (Lipinski definition) is 4. The molecular formula is C26H25NO4. The van der Waals surface area contributed by atoms with Gasteiger partial charge in [0, 0.05) is 29.7 Å². The highest BCUT2D eigenvalue weighted by molar-refractivity contribution is 6.16. The first-order valence-corrected chi connectivity index (χ1v) is 10.7. The Bertz CT molecular complexity index is 1190. The summed E-state index contributed by atoms with van der Waals surface area (Å²) >= 11 is 0. The predicted molar refractivity (Wildman–Crippen MR) is 118 cm³/mol. The Hall–Kier alpha value is -3.18. The molecule has 0 unspecified atom stereocenters. The first-order chi connectivity index (χ1) is 14.9. The van der Waals surface area contributed by atoms with Crippen molar-refractivity contribution in [2.24, 2.45) is 0 Å². The van der Waals surface area contributed by atoms with Crippen LogP contribution in [0.25, 0.3) is 10.8 Å². The van der Waals surface area contributed by atoms with Crippen LogP contribution in [0.1, 0.15) is 54.2 Å². The second-order valence-corrected chi connectivity index (χ2v) is 8.89. The lowest BCUT2D eigenvalue weighted by Gasteiger charge is -2.45. The molecule has 1 fully saturated rings. The SMILES string of the molecule is CC1(C)Oc2ccc(C(=O)c3cccc4ccccc34)cc2[C@@H](N2CCCC2=O)[C@@H]1O. The van der Waals surface area contributed by atoms with E-state index >= 15 is 0 Å². The molecule has 1 saturated heterocycles. The number of benzene rings is 3. The van der Waals surface area contributed by atoms with Gasteiger partial charge in [-0.3, -0.25) is 9.59 Å². The van der Waals surface area contributed by atoms with Gasteiger partial charge in [0.25, 0.3) is 0 Å². The van der Waals surface area contributed by atoms with Crippen LogP contribution in [0.2, 0.25) is 0 Å². The average Bonchev–Trinajstić information content (AvgIpc) is 3.18. The summed E-state index contributed by atoms with van der Waals surface area (Å²) in [6.45, 7) is 4.24. The van der Waals surface area contributed by atoms with Gasteiger partial charge in [-0.25, -0.2) is 0 Å². The molecule has 158 valence electrons. The minimum atomic E-state index is -0.898. The predicted octanol–water partition coefficient (Wildman–Crippen LogP) is 4.27. The average molecular weight is 415 g/mol. The lowest BCUT2D eigenvalue weighted by Crippen LogP contribution is -2.53. The summed E-state index contributed by atoms with van der Waals surface area (Å²) in [7, 11) is 0. The van der Waals surface area contributed by atoms with Crippen LogP contribution in [0.3, 0.4) is 0 Å². The van der Waals surface area contributed by atoms with Crippen LogP contribution in [0, 0.1) is 0 Å². The van der Waals surface area contributed by atoms with E-state index in [2.05, 4.69) is 0 Å².